The number of benzene rings is 1. The van der Waals surface area contributed by atoms with E-state index in [-0.39, 0.29) is 18.3 Å². The Morgan fingerprint density at radius 3 is 2.58 bits per heavy atom. The predicted octanol–water partition coefficient (Wildman–Crippen LogP) is 3.19. The molecule has 0 aliphatic heterocycles. The third kappa shape index (κ3) is 3.52. The molecule has 1 unspecified atom stereocenters. The molecule has 0 aliphatic rings. The van der Waals surface area contributed by atoms with E-state index in [4.69, 9.17) is 5.11 Å². The van der Waals surface area contributed by atoms with Crippen molar-refractivity contribution < 1.29 is 10.0 Å². The number of thiophene rings is 1. The number of nitrogens with zero attached hydrogens (tertiary/aromatic N) is 1. The average molecular weight is 278 g/mol. The molecule has 0 spiro atoms. The fraction of sp³-hybridized carbons (Fsp3) is 0.231. The SMILES string of the molecule is O=[N+]([O-])c1ccc(NC(CCO)c2cccs2)cc1. The van der Waals surface area contributed by atoms with Gasteiger partial charge in [0, 0.05) is 29.3 Å². The van der Waals surface area contributed by atoms with Crippen LogP contribution in [0.1, 0.15) is 17.3 Å². The van der Waals surface area contributed by atoms with Gasteiger partial charge in [0.1, 0.15) is 0 Å². The lowest BCUT2D eigenvalue weighted by Gasteiger charge is -2.17. The van der Waals surface area contributed by atoms with E-state index in [9.17, 15) is 10.1 Å². The Labute approximate surface area is 114 Å². The smallest absolute Gasteiger partial charge is 0.269 e. The first-order valence-corrected chi connectivity index (χ1v) is 6.74. The number of nitro benzene ring substituents is 1. The van der Waals surface area contributed by atoms with Crippen molar-refractivity contribution >= 4 is 22.7 Å². The first kappa shape index (κ1) is 13.5. The molecule has 0 radical (unpaired) electrons. The van der Waals surface area contributed by atoms with Gasteiger partial charge in [0.05, 0.1) is 11.0 Å². The number of hydrogen-bond acceptors (Lipinski definition) is 5. The van der Waals surface area contributed by atoms with E-state index < -0.39 is 4.92 Å². The van der Waals surface area contributed by atoms with Crippen molar-refractivity contribution in [2.75, 3.05) is 11.9 Å². The molecule has 2 N–H and O–H groups in total. The van der Waals surface area contributed by atoms with Gasteiger partial charge in [-0.25, -0.2) is 0 Å². The van der Waals surface area contributed by atoms with Crippen molar-refractivity contribution in [1.82, 2.24) is 0 Å². The van der Waals surface area contributed by atoms with Crippen molar-refractivity contribution in [3.63, 3.8) is 0 Å². The Balaban J connectivity index is 2.11. The maximum Gasteiger partial charge on any atom is 0.269 e. The van der Waals surface area contributed by atoms with Crippen molar-refractivity contribution in [3.05, 3.63) is 56.8 Å². The summed E-state index contributed by atoms with van der Waals surface area (Å²) in [5, 5.41) is 24.9. The van der Waals surface area contributed by atoms with Crippen LogP contribution in [0.15, 0.2) is 41.8 Å². The second-order valence-corrected chi connectivity index (χ2v) is 5.01. The van der Waals surface area contributed by atoms with Gasteiger partial charge in [-0.3, -0.25) is 10.1 Å². The average Bonchev–Trinajstić information content (AvgIpc) is 2.92. The van der Waals surface area contributed by atoms with Crippen LogP contribution in [0.3, 0.4) is 0 Å². The monoisotopic (exact) mass is 278 g/mol. The van der Waals surface area contributed by atoms with Crippen LogP contribution in [0.25, 0.3) is 0 Å². The molecule has 0 aliphatic carbocycles. The second kappa shape index (κ2) is 6.31. The molecule has 100 valence electrons. The van der Waals surface area contributed by atoms with E-state index in [0.717, 1.165) is 10.6 Å². The highest BCUT2D eigenvalue weighted by Gasteiger charge is 2.12. The van der Waals surface area contributed by atoms with E-state index in [1.165, 1.54) is 12.1 Å². The quantitative estimate of drug-likeness (QED) is 0.628. The lowest BCUT2D eigenvalue weighted by atomic mass is 10.1. The maximum absolute atomic E-state index is 10.6. The molecule has 0 amide bonds. The third-order valence-corrected chi connectivity index (χ3v) is 3.71. The molecule has 2 rings (SSSR count). The van der Waals surface area contributed by atoms with Crippen LogP contribution in [0.2, 0.25) is 0 Å². The molecule has 1 aromatic heterocycles. The molecular formula is C13H14N2O3S. The molecule has 2 aromatic rings. The van der Waals surface area contributed by atoms with Crippen LogP contribution in [0.4, 0.5) is 11.4 Å². The predicted molar refractivity (Wildman–Crippen MR) is 75.5 cm³/mol. The Morgan fingerprint density at radius 1 is 1.32 bits per heavy atom. The standard InChI is InChI=1S/C13H14N2O3S/c16-8-7-12(13-2-1-9-19-13)14-10-3-5-11(6-4-10)15(17)18/h1-6,9,12,14,16H,7-8H2. The fourth-order valence-corrected chi connectivity index (χ4v) is 2.60. The van der Waals surface area contributed by atoms with Crippen molar-refractivity contribution in [2.45, 2.75) is 12.5 Å². The molecule has 1 atom stereocenters. The minimum absolute atomic E-state index is 0.0199. The minimum atomic E-state index is -0.422. The number of rotatable bonds is 6. The topological polar surface area (TPSA) is 75.4 Å². The molecular weight excluding hydrogens is 264 g/mol. The van der Waals surface area contributed by atoms with E-state index in [1.807, 2.05) is 17.5 Å². The number of anilines is 1. The summed E-state index contributed by atoms with van der Waals surface area (Å²) in [6.07, 6.45) is 0.595. The normalized spacial score (nSPS) is 12.1. The Kier molecular flexibility index (Phi) is 4.48. The van der Waals surface area contributed by atoms with Crippen molar-refractivity contribution in [3.8, 4) is 0 Å². The zero-order valence-electron chi connectivity index (χ0n) is 10.2. The van der Waals surface area contributed by atoms with Crippen LogP contribution in [-0.4, -0.2) is 16.6 Å². The molecule has 1 heterocycles. The number of nitro groups is 1. The summed E-state index contributed by atoms with van der Waals surface area (Å²) in [7, 11) is 0. The number of nitrogens with one attached hydrogen (secondary N) is 1. The van der Waals surface area contributed by atoms with E-state index in [1.54, 1.807) is 23.5 Å². The van der Waals surface area contributed by atoms with Gasteiger partial charge in [-0.05, 0) is 30.0 Å². The number of hydrogen-bond donors (Lipinski definition) is 2. The first-order valence-electron chi connectivity index (χ1n) is 5.86. The van der Waals surface area contributed by atoms with Crippen LogP contribution >= 0.6 is 11.3 Å². The molecule has 5 nitrogen and oxygen atoms in total. The second-order valence-electron chi connectivity index (χ2n) is 4.03. The van der Waals surface area contributed by atoms with Crippen LogP contribution in [-0.2, 0) is 0 Å². The summed E-state index contributed by atoms with van der Waals surface area (Å²) in [4.78, 5) is 11.3. The summed E-state index contributed by atoms with van der Waals surface area (Å²) < 4.78 is 0. The van der Waals surface area contributed by atoms with E-state index >= 15 is 0 Å². The highest BCUT2D eigenvalue weighted by atomic mass is 32.1. The molecule has 19 heavy (non-hydrogen) atoms. The first-order chi connectivity index (χ1) is 9.20. The Bertz CT molecular complexity index is 525. The van der Waals surface area contributed by atoms with Crippen LogP contribution in [0, 0.1) is 10.1 Å². The lowest BCUT2D eigenvalue weighted by molar-refractivity contribution is -0.384. The number of aliphatic hydroxyl groups excluding tert-OH is 1. The molecule has 6 heteroatoms. The van der Waals surface area contributed by atoms with Gasteiger partial charge in [-0.15, -0.1) is 11.3 Å². The highest BCUT2D eigenvalue weighted by Crippen LogP contribution is 2.27. The van der Waals surface area contributed by atoms with Crippen LogP contribution < -0.4 is 5.32 Å². The van der Waals surface area contributed by atoms with Gasteiger partial charge in [-0.2, -0.15) is 0 Å². The van der Waals surface area contributed by atoms with Crippen LogP contribution in [0.5, 0.6) is 0 Å². The molecule has 1 aromatic carbocycles. The number of non-ortho nitro benzene ring substituents is 1. The summed E-state index contributed by atoms with van der Waals surface area (Å²) >= 11 is 1.62. The van der Waals surface area contributed by atoms with Gasteiger partial charge in [0.15, 0.2) is 0 Å². The zero-order valence-corrected chi connectivity index (χ0v) is 11.0. The fourth-order valence-electron chi connectivity index (χ4n) is 1.78. The summed E-state index contributed by atoms with van der Waals surface area (Å²) in [5.74, 6) is 0. The van der Waals surface area contributed by atoms with Gasteiger partial charge in [-0.1, -0.05) is 6.07 Å². The molecule has 0 fully saturated rings. The highest BCUT2D eigenvalue weighted by molar-refractivity contribution is 7.10. The largest absolute Gasteiger partial charge is 0.396 e. The van der Waals surface area contributed by atoms with Gasteiger partial charge in [0.25, 0.3) is 5.69 Å². The zero-order chi connectivity index (χ0) is 13.7. The Hall–Kier alpha value is -1.92. The van der Waals surface area contributed by atoms with Crippen molar-refractivity contribution in [1.29, 1.82) is 0 Å². The van der Waals surface area contributed by atoms with E-state index in [2.05, 4.69) is 5.32 Å². The molecule has 0 bridgehead atoms. The maximum atomic E-state index is 10.6. The summed E-state index contributed by atoms with van der Waals surface area (Å²) in [5.41, 5.74) is 0.873. The lowest BCUT2D eigenvalue weighted by Crippen LogP contribution is -2.11. The minimum Gasteiger partial charge on any atom is -0.396 e. The van der Waals surface area contributed by atoms with Gasteiger partial charge >= 0.3 is 0 Å². The van der Waals surface area contributed by atoms with E-state index in [0.29, 0.717) is 6.42 Å². The summed E-state index contributed by atoms with van der Waals surface area (Å²) in [6, 6.07) is 10.3. The number of aliphatic hydroxyl groups is 1. The summed E-state index contributed by atoms with van der Waals surface area (Å²) in [6.45, 7) is 0.0859. The van der Waals surface area contributed by atoms with Gasteiger partial charge < -0.3 is 10.4 Å². The molecule has 0 saturated carbocycles. The molecule has 0 saturated heterocycles. The Morgan fingerprint density at radius 2 is 2.05 bits per heavy atom. The van der Waals surface area contributed by atoms with Gasteiger partial charge in [0.2, 0.25) is 0 Å². The van der Waals surface area contributed by atoms with Crippen molar-refractivity contribution in [2.24, 2.45) is 0 Å². The third-order valence-electron chi connectivity index (χ3n) is 2.72.